The summed E-state index contributed by atoms with van der Waals surface area (Å²) in [5.41, 5.74) is 1.04. The van der Waals surface area contributed by atoms with Crippen LogP contribution in [0.25, 0.3) is 0 Å². The van der Waals surface area contributed by atoms with Crippen LogP contribution in [-0.2, 0) is 18.3 Å². The van der Waals surface area contributed by atoms with Gasteiger partial charge in [-0.15, -0.1) is 0 Å². The van der Waals surface area contributed by atoms with Crippen LogP contribution in [0.3, 0.4) is 0 Å². The third kappa shape index (κ3) is 6.21. The summed E-state index contributed by atoms with van der Waals surface area (Å²) in [5.74, 6) is -0.904. The third-order valence-electron chi connectivity index (χ3n) is 2.85. The minimum absolute atomic E-state index is 0.0517. The van der Waals surface area contributed by atoms with E-state index in [0.29, 0.717) is 19.4 Å². The molecule has 7 heteroatoms. The molecule has 0 bridgehead atoms. The topological polar surface area (TPSA) is 96.2 Å². The van der Waals surface area contributed by atoms with Gasteiger partial charge in [-0.05, 0) is 18.4 Å². The van der Waals surface area contributed by atoms with E-state index in [1.165, 1.54) is 0 Å². The van der Waals surface area contributed by atoms with Crippen LogP contribution < -0.4 is 10.6 Å². The second kappa shape index (κ2) is 8.19. The predicted molar refractivity (Wildman–Crippen MR) is 74.4 cm³/mol. The first-order chi connectivity index (χ1) is 9.51. The molecule has 0 aliphatic carbocycles. The highest BCUT2D eigenvalue weighted by Gasteiger charge is 2.14. The zero-order valence-corrected chi connectivity index (χ0v) is 11.9. The van der Waals surface area contributed by atoms with Crippen molar-refractivity contribution in [3.05, 3.63) is 18.0 Å². The Bertz CT molecular complexity index is 445. The molecule has 0 saturated carbocycles. The molecule has 0 aromatic carbocycles. The summed E-state index contributed by atoms with van der Waals surface area (Å²) in [4.78, 5) is 22.4. The van der Waals surface area contributed by atoms with E-state index in [9.17, 15) is 9.59 Å². The molecular formula is C13H22N4O3. The molecule has 112 valence electrons. The average Bonchev–Trinajstić information content (AvgIpc) is 2.74. The van der Waals surface area contributed by atoms with Crippen LogP contribution in [0.2, 0.25) is 0 Å². The van der Waals surface area contributed by atoms with E-state index in [1.807, 2.05) is 20.2 Å². The first kappa shape index (κ1) is 16.0. The maximum Gasteiger partial charge on any atom is 0.315 e. The van der Waals surface area contributed by atoms with Crippen LogP contribution in [0.15, 0.2) is 12.4 Å². The number of aryl methyl sites for hydroxylation is 1. The molecule has 3 N–H and O–H groups in total. The summed E-state index contributed by atoms with van der Waals surface area (Å²) in [6, 6.07) is -0.649. The summed E-state index contributed by atoms with van der Waals surface area (Å²) in [5, 5.41) is 18.2. The number of urea groups is 1. The molecule has 0 spiro atoms. The molecule has 20 heavy (non-hydrogen) atoms. The number of hydrogen-bond acceptors (Lipinski definition) is 3. The van der Waals surface area contributed by atoms with Crippen molar-refractivity contribution in [2.45, 2.75) is 38.6 Å². The number of nitrogens with zero attached hydrogens (tertiary/aromatic N) is 2. The Hall–Kier alpha value is -2.05. The minimum Gasteiger partial charge on any atom is -0.481 e. The molecule has 0 saturated heterocycles. The Morgan fingerprint density at radius 2 is 2.25 bits per heavy atom. The van der Waals surface area contributed by atoms with Gasteiger partial charge >= 0.3 is 12.0 Å². The van der Waals surface area contributed by atoms with Crippen LogP contribution in [0.1, 0.15) is 31.7 Å². The van der Waals surface area contributed by atoms with Gasteiger partial charge in [-0.25, -0.2) is 4.79 Å². The van der Waals surface area contributed by atoms with Crippen molar-refractivity contribution in [2.75, 3.05) is 6.54 Å². The monoisotopic (exact) mass is 282 g/mol. The van der Waals surface area contributed by atoms with Crippen molar-refractivity contribution in [1.82, 2.24) is 20.4 Å². The van der Waals surface area contributed by atoms with Crippen LogP contribution in [0.4, 0.5) is 4.79 Å². The number of rotatable bonds is 8. The Morgan fingerprint density at radius 1 is 1.50 bits per heavy atom. The van der Waals surface area contributed by atoms with Crippen molar-refractivity contribution in [2.24, 2.45) is 7.05 Å². The molecule has 1 rings (SSSR count). The van der Waals surface area contributed by atoms with Gasteiger partial charge in [-0.2, -0.15) is 5.10 Å². The van der Waals surface area contributed by atoms with E-state index < -0.39 is 5.97 Å². The molecule has 1 heterocycles. The van der Waals surface area contributed by atoms with Crippen LogP contribution in [0, 0.1) is 0 Å². The summed E-state index contributed by atoms with van der Waals surface area (Å²) >= 11 is 0. The first-order valence-electron chi connectivity index (χ1n) is 6.75. The van der Waals surface area contributed by atoms with Crippen LogP contribution >= 0.6 is 0 Å². The molecule has 0 radical (unpaired) electrons. The number of hydrogen-bond donors (Lipinski definition) is 3. The number of nitrogens with one attached hydrogen (secondary N) is 2. The fraction of sp³-hybridized carbons (Fsp3) is 0.615. The third-order valence-corrected chi connectivity index (χ3v) is 2.85. The zero-order valence-electron chi connectivity index (χ0n) is 11.9. The number of amides is 2. The van der Waals surface area contributed by atoms with E-state index in [-0.39, 0.29) is 18.5 Å². The van der Waals surface area contributed by atoms with E-state index in [1.54, 1.807) is 10.9 Å². The van der Waals surface area contributed by atoms with E-state index in [4.69, 9.17) is 5.11 Å². The summed E-state index contributed by atoms with van der Waals surface area (Å²) in [7, 11) is 1.84. The largest absolute Gasteiger partial charge is 0.481 e. The first-order valence-corrected chi connectivity index (χ1v) is 6.75. The lowest BCUT2D eigenvalue weighted by Gasteiger charge is -2.16. The predicted octanol–water partition coefficient (Wildman–Crippen LogP) is 0.905. The standard InChI is InChI=1S/C13H22N4O3/c1-3-4-11(7-12(18)19)16-13(20)14-6-5-10-8-15-17(2)9-10/h8-9,11H,3-7H2,1-2H3,(H,18,19)(H2,14,16,20). The van der Waals surface area contributed by atoms with Crippen molar-refractivity contribution in [1.29, 1.82) is 0 Å². The smallest absolute Gasteiger partial charge is 0.315 e. The highest BCUT2D eigenvalue weighted by atomic mass is 16.4. The van der Waals surface area contributed by atoms with Gasteiger partial charge in [0, 0.05) is 25.8 Å². The Morgan fingerprint density at radius 3 is 2.80 bits per heavy atom. The lowest BCUT2D eigenvalue weighted by atomic mass is 10.1. The summed E-state index contributed by atoms with van der Waals surface area (Å²) in [6.45, 7) is 2.44. The number of aromatic nitrogens is 2. The van der Waals surface area contributed by atoms with Crippen LogP contribution in [-0.4, -0.2) is 39.5 Å². The van der Waals surface area contributed by atoms with Gasteiger partial charge in [-0.3, -0.25) is 9.48 Å². The Labute approximate surface area is 118 Å². The molecular weight excluding hydrogens is 260 g/mol. The highest BCUT2D eigenvalue weighted by Crippen LogP contribution is 2.01. The summed E-state index contributed by atoms with van der Waals surface area (Å²) < 4.78 is 1.71. The second-order valence-electron chi connectivity index (χ2n) is 4.76. The van der Waals surface area contributed by atoms with Gasteiger partial charge in [0.15, 0.2) is 0 Å². The molecule has 1 atom stereocenters. The Kier molecular flexibility index (Phi) is 6.55. The van der Waals surface area contributed by atoms with Crippen LogP contribution in [0.5, 0.6) is 0 Å². The fourth-order valence-electron chi connectivity index (χ4n) is 1.94. The average molecular weight is 282 g/mol. The quantitative estimate of drug-likeness (QED) is 0.660. The second-order valence-corrected chi connectivity index (χ2v) is 4.76. The number of aliphatic carboxylic acids is 1. The lowest BCUT2D eigenvalue weighted by Crippen LogP contribution is -2.43. The van der Waals surface area contributed by atoms with Gasteiger partial charge in [0.1, 0.15) is 0 Å². The molecule has 0 aliphatic heterocycles. The SMILES string of the molecule is CCCC(CC(=O)O)NC(=O)NCCc1cnn(C)c1. The van der Waals surface area contributed by atoms with Crippen molar-refractivity contribution < 1.29 is 14.7 Å². The van der Waals surface area contributed by atoms with E-state index in [2.05, 4.69) is 15.7 Å². The van der Waals surface area contributed by atoms with E-state index in [0.717, 1.165) is 12.0 Å². The molecule has 1 aromatic heterocycles. The van der Waals surface area contributed by atoms with E-state index >= 15 is 0 Å². The fourth-order valence-corrected chi connectivity index (χ4v) is 1.94. The molecule has 1 aromatic rings. The van der Waals surface area contributed by atoms with Gasteiger partial charge in [0.25, 0.3) is 0 Å². The zero-order chi connectivity index (χ0) is 15.0. The van der Waals surface area contributed by atoms with Gasteiger partial charge in [0.05, 0.1) is 12.6 Å². The van der Waals surface area contributed by atoms with Crippen molar-refractivity contribution >= 4 is 12.0 Å². The molecule has 0 aliphatic rings. The lowest BCUT2D eigenvalue weighted by molar-refractivity contribution is -0.137. The van der Waals surface area contributed by atoms with Gasteiger partial charge in [0.2, 0.25) is 0 Å². The van der Waals surface area contributed by atoms with Gasteiger partial charge < -0.3 is 15.7 Å². The van der Waals surface area contributed by atoms with Crippen molar-refractivity contribution in [3.8, 4) is 0 Å². The maximum atomic E-state index is 11.7. The molecule has 1 unspecified atom stereocenters. The number of carbonyl (C=O) groups is 2. The molecule has 7 nitrogen and oxygen atoms in total. The summed E-state index contributed by atoms with van der Waals surface area (Å²) in [6.07, 6.45) is 5.77. The van der Waals surface area contributed by atoms with Gasteiger partial charge in [-0.1, -0.05) is 13.3 Å². The normalized spacial score (nSPS) is 11.9. The minimum atomic E-state index is -0.904. The Balaban J connectivity index is 2.28. The molecule has 0 fully saturated rings. The number of carboxylic acid groups (broad SMARTS) is 1. The number of carboxylic acids is 1. The molecule has 2 amide bonds. The number of carbonyl (C=O) groups excluding carboxylic acids is 1. The highest BCUT2D eigenvalue weighted by molar-refractivity contribution is 5.75. The van der Waals surface area contributed by atoms with Crippen molar-refractivity contribution in [3.63, 3.8) is 0 Å². The maximum absolute atomic E-state index is 11.7.